The molecule has 0 spiro atoms. The molecule has 2 saturated carbocycles. The van der Waals surface area contributed by atoms with Gasteiger partial charge in [0.05, 0.1) is 24.7 Å². The molecule has 0 amide bonds. The van der Waals surface area contributed by atoms with E-state index in [1.165, 1.54) is 0 Å². The summed E-state index contributed by atoms with van der Waals surface area (Å²) in [6.45, 7) is 0. The molecule has 6 nitrogen and oxygen atoms in total. The van der Waals surface area contributed by atoms with E-state index in [1.807, 2.05) is 18.2 Å². The molecular formula is C29H29F3N2O4. The lowest BCUT2D eigenvalue weighted by molar-refractivity contribution is -0.156. The highest BCUT2D eigenvalue weighted by Crippen LogP contribution is 2.43. The lowest BCUT2D eigenvalue weighted by Crippen LogP contribution is -2.32. The van der Waals surface area contributed by atoms with Crippen molar-refractivity contribution in [2.45, 2.75) is 75.2 Å². The molecular weight excluding hydrogens is 497 g/mol. The number of hydrogen-bond donors (Lipinski definition) is 1. The summed E-state index contributed by atoms with van der Waals surface area (Å²) < 4.78 is 55.4. The van der Waals surface area contributed by atoms with Gasteiger partial charge in [-0.25, -0.2) is 0 Å². The molecule has 0 bridgehead atoms. The Kier molecular flexibility index (Phi) is 7.35. The van der Waals surface area contributed by atoms with Gasteiger partial charge < -0.3 is 19.0 Å². The Morgan fingerprint density at radius 1 is 1.00 bits per heavy atom. The third-order valence-electron chi connectivity index (χ3n) is 7.34. The summed E-state index contributed by atoms with van der Waals surface area (Å²) in [5, 5.41) is 16.9. The molecule has 200 valence electrons. The van der Waals surface area contributed by atoms with Crippen molar-refractivity contribution in [1.29, 1.82) is 0 Å². The standard InChI is InChI=1S/C29H29F3N2O4/c1-36-24-10-9-21(18-25(24)37-23-7-2-3-8-23)28(15-12-22(35)13-16-28)14-11-19-5-4-6-20(17-19)26-33-34-27(38-26)29(30,31)32/h4-6,9-10,17-18,22-23,35H,2-3,7-8,12-13,15-16H2,1H3. The average molecular weight is 527 g/mol. The Hall–Kier alpha value is -3.51. The van der Waals surface area contributed by atoms with Gasteiger partial charge in [-0.3, -0.25) is 0 Å². The summed E-state index contributed by atoms with van der Waals surface area (Å²) in [7, 11) is 1.62. The van der Waals surface area contributed by atoms with Gasteiger partial charge in [-0.2, -0.15) is 13.2 Å². The fourth-order valence-corrected chi connectivity index (χ4v) is 5.21. The van der Waals surface area contributed by atoms with Crippen LogP contribution in [0.3, 0.4) is 0 Å². The first-order chi connectivity index (χ1) is 18.3. The lowest BCUT2D eigenvalue weighted by atomic mass is 9.69. The van der Waals surface area contributed by atoms with Crippen LogP contribution in [0.2, 0.25) is 0 Å². The van der Waals surface area contributed by atoms with Crippen LogP contribution in [0.25, 0.3) is 11.5 Å². The van der Waals surface area contributed by atoms with E-state index in [4.69, 9.17) is 13.9 Å². The van der Waals surface area contributed by atoms with Crippen LogP contribution in [-0.4, -0.2) is 34.6 Å². The predicted octanol–water partition coefficient (Wildman–Crippen LogP) is 6.31. The summed E-state index contributed by atoms with van der Waals surface area (Å²) in [6, 6.07) is 12.6. The number of ether oxygens (including phenoxy) is 2. The predicted molar refractivity (Wildman–Crippen MR) is 134 cm³/mol. The summed E-state index contributed by atoms with van der Waals surface area (Å²) >= 11 is 0. The van der Waals surface area contributed by atoms with Gasteiger partial charge in [0.1, 0.15) is 0 Å². The zero-order chi connectivity index (χ0) is 26.8. The number of nitrogens with zero attached hydrogens (tertiary/aromatic N) is 2. The van der Waals surface area contributed by atoms with Crippen LogP contribution in [0.1, 0.15) is 68.4 Å². The van der Waals surface area contributed by atoms with Crippen molar-refractivity contribution in [1.82, 2.24) is 10.2 Å². The molecule has 2 aliphatic carbocycles. The second-order valence-corrected chi connectivity index (χ2v) is 9.94. The van der Waals surface area contributed by atoms with E-state index in [9.17, 15) is 18.3 Å². The van der Waals surface area contributed by atoms with E-state index in [-0.39, 0.29) is 18.1 Å². The molecule has 5 rings (SSSR count). The largest absolute Gasteiger partial charge is 0.493 e. The molecule has 2 fully saturated rings. The van der Waals surface area contributed by atoms with Gasteiger partial charge in [0.2, 0.25) is 5.89 Å². The Bertz CT molecular complexity index is 1330. The maximum Gasteiger partial charge on any atom is 0.470 e. The second kappa shape index (κ2) is 10.7. The monoisotopic (exact) mass is 526 g/mol. The lowest BCUT2D eigenvalue weighted by Gasteiger charge is -2.35. The topological polar surface area (TPSA) is 77.6 Å². The molecule has 0 radical (unpaired) electrons. The van der Waals surface area contributed by atoms with Gasteiger partial charge in [-0.1, -0.05) is 24.0 Å². The number of halogens is 3. The highest BCUT2D eigenvalue weighted by molar-refractivity contribution is 5.57. The first kappa shape index (κ1) is 26.1. The first-order valence-electron chi connectivity index (χ1n) is 12.8. The summed E-state index contributed by atoms with van der Waals surface area (Å²) in [5.41, 5.74) is 1.43. The van der Waals surface area contributed by atoms with Gasteiger partial charge in [-0.15, -0.1) is 10.2 Å². The van der Waals surface area contributed by atoms with Crippen molar-refractivity contribution >= 4 is 0 Å². The second-order valence-electron chi connectivity index (χ2n) is 9.94. The molecule has 3 aromatic rings. The fraction of sp³-hybridized carbons (Fsp3) is 0.448. The Morgan fingerprint density at radius 3 is 2.45 bits per heavy atom. The highest BCUT2D eigenvalue weighted by atomic mass is 19.4. The third-order valence-corrected chi connectivity index (χ3v) is 7.34. The van der Waals surface area contributed by atoms with Gasteiger partial charge in [0, 0.05) is 11.1 Å². The molecule has 1 aromatic heterocycles. The smallest absolute Gasteiger partial charge is 0.470 e. The highest BCUT2D eigenvalue weighted by Gasteiger charge is 2.38. The van der Waals surface area contributed by atoms with Crippen molar-refractivity contribution in [3.05, 3.63) is 59.5 Å². The number of aliphatic hydroxyl groups excluding tert-OH is 1. The van der Waals surface area contributed by atoms with Crippen LogP contribution in [0.5, 0.6) is 11.5 Å². The molecule has 9 heteroatoms. The minimum atomic E-state index is -4.71. The summed E-state index contributed by atoms with van der Waals surface area (Å²) in [5.74, 6) is 6.43. The number of aromatic nitrogens is 2. The number of alkyl halides is 3. The van der Waals surface area contributed by atoms with Crippen molar-refractivity contribution in [3.63, 3.8) is 0 Å². The molecule has 1 heterocycles. The van der Waals surface area contributed by atoms with Gasteiger partial charge in [0.25, 0.3) is 0 Å². The third kappa shape index (κ3) is 5.65. The van der Waals surface area contributed by atoms with E-state index >= 15 is 0 Å². The molecule has 1 N–H and O–H groups in total. The fourth-order valence-electron chi connectivity index (χ4n) is 5.21. The molecule has 38 heavy (non-hydrogen) atoms. The maximum atomic E-state index is 12.9. The van der Waals surface area contributed by atoms with Crippen LogP contribution in [0, 0.1) is 11.8 Å². The first-order valence-corrected chi connectivity index (χ1v) is 12.8. The van der Waals surface area contributed by atoms with Crippen LogP contribution in [-0.2, 0) is 11.6 Å². The van der Waals surface area contributed by atoms with Gasteiger partial charge >= 0.3 is 12.1 Å². The Morgan fingerprint density at radius 2 is 1.76 bits per heavy atom. The Labute approximate surface area is 219 Å². The quantitative estimate of drug-likeness (QED) is 0.393. The molecule has 0 aliphatic heterocycles. The number of benzene rings is 2. The Balaban J connectivity index is 1.47. The minimum Gasteiger partial charge on any atom is -0.493 e. The van der Waals surface area contributed by atoms with E-state index in [2.05, 4.69) is 22.0 Å². The molecule has 0 unspecified atom stereocenters. The number of aliphatic hydroxyl groups is 1. The SMILES string of the molecule is COc1ccc(C2(C#Cc3cccc(-c4nnc(C(F)(F)F)o4)c3)CCC(O)CC2)cc1OC1CCCC1. The van der Waals surface area contributed by atoms with Crippen LogP contribution in [0.4, 0.5) is 13.2 Å². The average Bonchev–Trinajstić information content (AvgIpc) is 3.62. The van der Waals surface area contributed by atoms with E-state index < -0.39 is 17.5 Å². The number of methoxy groups -OCH3 is 1. The molecule has 0 atom stereocenters. The van der Waals surface area contributed by atoms with Crippen molar-refractivity contribution in [3.8, 4) is 34.8 Å². The number of rotatable bonds is 5. The zero-order valence-corrected chi connectivity index (χ0v) is 21.1. The van der Waals surface area contributed by atoms with Crippen molar-refractivity contribution in [2.24, 2.45) is 0 Å². The summed E-state index contributed by atoms with van der Waals surface area (Å²) in [6.07, 6.45) is 1.98. The van der Waals surface area contributed by atoms with Crippen molar-refractivity contribution in [2.75, 3.05) is 7.11 Å². The normalized spacial score (nSPS) is 22.1. The maximum absolute atomic E-state index is 12.9. The molecule has 2 aliphatic rings. The minimum absolute atomic E-state index is 0.166. The molecule has 0 saturated heterocycles. The van der Waals surface area contributed by atoms with Crippen molar-refractivity contribution < 1.29 is 32.2 Å². The zero-order valence-electron chi connectivity index (χ0n) is 21.1. The van der Waals surface area contributed by atoms with E-state index in [0.29, 0.717) is 48.3 Å². The van der Waals surface area contributed by atoms with Gasteiger partial charge in [-0.05, 0) is 87.3 Å². The van der Waals surface area contributed by atoms with E-state index in [0.717, 1.165) is 31.2 Å². The number of hydrogen-bond acceptors (Lipinski definition) is 6. The molecule has 2 aromatic carbocycles. The van der Waals surface area contributed by atoms with Crippen LogP contribution < -0.4 is 9.47 Å². The van der Waals surface area contributed by atoms with Crippen LogP contribution in [0.15, 0.2) is 46.9 Å². The van der Waals surface area contributed by atoms with Gasteiger partial charge in [0.15, 0.2) is 11.5 Å². The van der Waals surface area contributed by atoms with E-state index in [1.54, 1.807) is 31.4 Å². The van der Waals surface area contributed by atoms with Crippen LogP contribution >= 0.6 is 0 Å². The summed E-state index contributed by atoms with van der Waals surface area (Å²) in [4.78, 5) is 0.